The van der Waals surface area contributed by atoms with E-state index in [0.29, 0.717) is 17.2 Å². The van der Waals surface area contributed by atoms with Gasteiger partial charge in [-0.3, -0.25) is 0 Å². The van der Waals surface area contributed by atoms with Gasteiger partial charge in [-0.25, -0.2) is 0 Å². The monoisotopic (exact) mass is 346 g/mol. The molecule has 1 aromatic heterocycles. The highest BCUT2D eigenvalue weighted by Crippen LogP contribution is 2.30. The molecule has 1 N–H and O–H groups in total. The van der Waals surface area contributed by atoms with E-state index in [2.05, 4.69) is 15.9 Å². The van der Waals surface area contributed by atoms with Crippen molar-refractivity contribution in [3.63, 3.8) is 0 Å². The molecule has 96 valence electrons. The second-order valence-corrected chi connectivity index (χ2v) is 6.16. The highest BCUT2D eigenvalue weighted by Gasteiger charge is 2.12. The lowest BCUT2D eigenvalue weighted by molar-refractivity contribution is 0.179. The number of ether oxygens (including phenoxy) is 1. The van der Waals surface area contributed by atoms with Crippen LogP contribution in [0.25, 0.3) is 0 Å². The Labute approximate surface area is 123 Å². The quantitative estimate of drug-likeness (QED) is 0.885. The van der Waals surface area contributed by atoms with Crippen LogP contribution >= 0.6 is 38.9 Å². The van der Waals surface area contributed by atoms with Gasteiger partial charge in [0.25, 0.3) is 0 Å². The van der Waals surface area contributed by atoms with Gasteiger partial charge in [-0.1, -0.05) is 17.7 Å². The molecule has 0 aliphatic rings. The van der Waals surface area contributed by atoms with Crippen LogP contribution in [0.1, 0.15) is 16.5 Å². The molecule has 1 heterocycles. The number of hydrogen-bond donors (Lipinski definition) is 1. The molecule has 0 aliphatic carbocycles. The molecular formula is C13H12BrClO2S. The first-order chi connectivity index (χ1) is 8.60. The van der Waals surface area contributed by atoms with E-state index in [1.165, 1.54) is 0 Å². The van der Waals surface area contributed by atoms with Crippen LogP contribution in [-0.4, -0.2) is 12.2 Å². The van der Waals surface area contributed by atoms with Gasteiger partial charge in [0.15, 0.2) is 0 Å². The highest BCUT2D eigenvalue weighted by atomic mass is 79.9. The molecule has 0 amide bonds. The summed E-state index contributed by atoms with van der Waals surface area (Å²) in [6, 6.07) is 7.36. The summed E-state index contributed by atoms with van der Waals surface area (Å²) in [5.74, 6) is 0.617. The molecule has 0 saturated carbocycles. The Morgan fingerprint density at radius 1 is 1.44 bits per heavy atom. The van der Waals surface area contributed by atoms with Crippen molar-refractivity contribution < 1.29 is 9.84 Å². The minimum absolute atomic E-state index is 0.515. The molecule has 5 heteroatoms. The highest BCUT2D eigenvalue weighted by molar-refractivity contribution is 9.10. The van der Waals surface area contributed by atoms with Crippen LogP contribution in [-0.2, 0) is 6.42 Å². The summed E-state index contributed by atoms with van der Waals surface area (Å²) in [4.78, 5) is 1.13. The van der Waals surface area contributed by atoms with Gasteiger partial charge >= 0.3 is 0 Å². The van der Waals surface area contributed by atoms with E-state index in [1.807, 2.05) is 17.5 Å². The van der Waals surface area contributed by atoms with E-state index in [9.17, 15) is 5.11 Å². The predicted molar refractivity (Wildman–Crippen MR) is 78.7 cm³/mol. The lowest BCUT2D eigenvalue weighted by Gasteiger charge is -2.11. The normalized spacial score (nSPS) is 12.4. The Morgan fingerprint density at radius 3 is 2.78 bits per heavy atom. The van der Waals surface area contributed by atoms with Gasteiger partial charge in [0.1, 0.15) is 5.75 Å². The third kappa shape index (κ3) is 3.26. The standard InChI is InChI=1S/C13H12BrClO2S/c1-17-13-3-2-8(4-11(13)15)12(16)6-10-5-9(14)7-18-10/h2-5,7,12,16H,6H2,1H3. The van der Waals surface area contributed by atoms with Crippen molar-refractivity contribution in [2.75, 3.05) is 7.11 Å². The Kier molecular flexibility index (Phi) is 4.67. The number of halogens is 2. The number of hydrogen-bond acceptors (Lipinski definition) is 3. The van der Waals surface area contributed by atoms with Crippen molar-refractivity contribution in [1.29, 1.82) is 0 Å². The summed E-state index contributed by atoms with van der Waals surface area (Å²) < 4.78 is 6.13. The van der Waals surface area contributed by atoms with E-state index < -0.39 is 6.10 Å². The van der Waals surface area contributed by atoms with Gasteiger partial charge < -0.3 is 9.84 Å². The van der Waals surface area contributed by atoms with Crippen molar-refractivity contribution in [3.8, 4) is 5.75 Å². The average Bonchev–Trinajstić information content (AvgIpc) is 2.74. The van der Waals surface area contributed by atoms with Crippen molar-refractivity contribution in [3.05, 3.63) is 49.6 Å². The first-order valence-electron chi connectivity index (χ1n) is 5.34. The number of benzene rings is 1. The fourth-order valence-electron chi connectivity index (χ4n) is 1.66. The molecular weight excluding hydrogens is 336 g/mol. The molecule has 0 radical (unpaired) electrons. The van der Waals surface area contributed by atoms with E-state index in [0.717, 1.165) is 14.9 Å². The summed E-state index contributed by atoms with van der Waals surface area (Å²) in [5, 5.41) is 12.7. The molecule has 0 spiro atoms. The molecule has 1 atom stereocenters. The summed E-state index contributed by atoms with van der Waals surface area (Å²) in [6.07, 6.45) is 0.0257. The number of methoxy groups -OCH3 is 1. The zero-order valence-electron chi connectivity index (χ0n) is 9.69. The minimum Gasteiger partial charge on any atom is -0.495 e. The maximum absolute atomic E-state index is 10.2. The van der Waals surface area contributed by atoms with Crippen molar-refractivity contribution in [2.24, 2.45) is 0 Å². The molecule has 0 aliphatic heterocycles. The zero-order valence-corrected chi connectivity index (χ0v) is 12.8. The maximum Gasteiger partial charge on any atom is 0.137 e. The van der Waals surface area contributed by atoms with Gasteiger partial charge in [0.2, 0.25) is 0 Å². The third-order valence-electron chi connectivity index (χ3n) is 2.58. The second-order valence-electron chi connectivity index (χ2n) is 3.85. The second kappa shape index (κ2) is 6.06. The molecule has 2 rings (SSSR count). The smallest absolute Gasteiger partial charge is 0.137 e. The maximum atomic E-state index is 10.2. The van der Waals surface area contributed by atoms with Crippen LogP contribution in [0.15, 0.2) is 34.1 Å². The number of aliphatic hydroxyl groups excluding tert-OH is 1. The van der Waals surface area contributed by atoms with Crippen molar-refractivity contribution in [1.82, 2.24) is 0 Å². The number of rotatable bonds is 4. The number of aliphatic hydroxyl groups is 1. The molecule has 2 aromatic rings. The predicted octanol–water partition coefficient (Wildman–Crippen LogP) is 4.45. The van der Waals surface area contributed by atoms with Gasteiger partial charge in [-0.2, -0.15) is 0 Å². The van der Waals surface area contributed by atoms with Crippen LogP contribution in [0.2, 0.25) is 5.02 Å². The third-order valence-corrected chi connectivity index (χ3v) is 4.59. The minimum atomic E-state index is -0.557. The molecule has 0 bridgehead atoms. The average molecular weight is 348 g/mol. The Balaban J connectivity index is 2.13. The molecule has 1 unspecified atom stereocenters. The van der Waals surface area contributed by atoms with Crippen LogP contribution in [0.4, 0.5) is 0 Å². The van der Waals surface area contributed by atoms with Crippen LogP contribution in [0.3, 0.4) is 0 Å². The fourth-order valence-corrected chi connectivity index (χ4v) is 3.41. The zero-order chi connectivity index (χ0) is 13.1. The van der Waals surface area contributed by atoms with Crippen molar-refractivity contribution >= 4 is 38.9 Å². The topological polar surface area (TPSA) is 29.5 Å². The summed E-state index contributed by atoms with van der Waals surface area (Å²) in [6.45, 7) is 0. The SMILES string of the molecule is COc1ccc(C(O)Cc2cc(Br)cs2)cc1Cl. The van der Waals surface area contributed by atoms with Gasteiger partial charge in [0, 0.05) is 21.2 Å². The van der Waals surface area contributed by atoms with E-state index in [-0.39, 0.29) is 0 Å². The van der Waals surface area contributed by atoms with E-state index >= 15 is 0 Å². The summed E-state index contributed by atoms with van der Waals surface area (Å²) in [7, 11) is 1.57. The molecule has 0 saturated heterocycles. The lowest BCUT2D eigenvalue weighted by atomic mass is 10.1. The van der Waals surface area contributed by atoms with Crippen LogP contribution in [0, 0.1) is 0 Å². The first kappa shape index (κ1) is 13.9. The van der Waals surface area contributed by atoms with Gasteiger partial charge in [-0.05, 0) is 39.7 Å². The summed E-state index contributed by atoms with van der Waals surface area (Å²) >= 11 is 11.1. The molecule has 2 nitrogen and oxygen atoms in total. The molecule has 18 heavy (non-hydrogen) atoms. The lowest BCUT2D eigenvalue weighted by Crippen LogP contribution is -2.00. The Morgan fingerprint density at radius 2 is 2.22 bits per heavy atom. The Bertz CT molecular complexity index is 542. The van der Waals surface area contributed by atoms with Crippen molar-refractivity contribution in [2.45, 2.75) is 12.5 Å². The fraction of sp³-hybridized carbons (Fsp3) is 0.231. The number of thiophene rings is 1. The molecule has 0 fully saturated rings. The van der Waals surface area contributed by atoms with Gasteiger partial charge in [-0.15, -0.1) is 11.3 Å². The molecule has 1 aromatic carbocycles. The van der Waals surface area contributed by atoms with Crippen LogP contribution < -0.4 is 4.74 Å². The largest absolute Gasteiger partial charge is 0.495 e. The van der Waals surface area contributed by atoms with E-state index in [1.54, 1.807) is 30.6 Å². The van der Waals surface area contributed by atoms with E-state index in [4.69, 9.17) is 16.3 Å². The van der Waals surface area contributed by atoms with Crippen LogP contribution in [0.5, 0.6) is 5.75 Å². The first-order valence-corrected chi connectivity index (χ1v) is 7.39. The Hall–Kier alpha value is -0.550. The summed E-state index contributed by atoms with van der Waals surface area (Å²) in [5.41, 5.74) is 0.797. The van der Waals surface area contributed by atoms with Gasteiger partial charge in [0.05, 0.1) is 18.2 Å².